The van der Waals surface area contributed by atoms with Crippen molar-refractivity contribution in [3.8, 4) is 11.1 Å². The van der Waals surface area contributed by atoms with Crippen LogP contribution in [0.4, 0.5) is 4.79 Å². The van der Waals surface area contributed by atoms with Crippen molar-refractivity contribution in [1.29, 1.82) is 0 Å². The zero-order valence-electron chi connectivity index (χ0n) is 14.9. The smallest absolute Gasteiger partial charge is 0.407 e. The summed E-state index contributed by atoms with van der Waals surface area (Å²) in [6.45, 7) is 0.117. The van der Waals surface area contributed by atoms with Crippen LogP contribution in [0.25, 0.3) is 11.1 Å². The van der Waals surface area contributed by atoms with Gasteiger partial charge in [-0.15, -0.1) is 0 Å². The summed E-state index contributed by atoms with van der Waals surface area (Å²) in [7, 11) is -1.13. The summed E-state index contributed by atoms with van der Waals surface area (Å²) in [5.41, 5.74) is 4.41. The molecule has 2 atom stereocenters. The molecule has 2 aromatic carbocycles. The molecular formula is C20H21NO5S. The van der Waals surface area contributed by atoms with Crippen molar-refractivity contribution in [1.82, 2.24) is 5.32 Å². The van der Waals surface area contributed by atoms with E-state index in [0.29, 0.717) is 0 Å². The molecule has 1 aliphatic rings. The first-order valence-corrected chi connectivity index (χ1v) is 10.3. The van der Waals surface area contributed by atoms with Crippen LogP contribution in [0.15, 0.2) is 48.5 Å². The van der Waals surface area contributed by atoms with Gasteiger partial charge in [0.1, 0.15) is 12.6 Å². The zero-order valence-corrected chi connectivity index (χ0v) is 15.7. The first-order chi connectivity index (χ1) is 13.0. The number of hydrogen-bond acceptors (Lipinski definition) is 4. The molecule has 3 rings (SSSR count). The molecule has 6 nitrogen and oxygen atoms in total. The third kappa shape index (κ3) is 4.36. The van der Waals surface area contributed by atoms with Gasteiger partial charge in [0, 0.05) is 28.7 Å². The van der Waals surface area contributed by atoms with E-state index in [0.717, 1.165) is 22.3 Å². The molecule has 0 unspecified atom stereocenters. The van der Waals surface area contributed by atoms with Gasteiger partial charge >= 0.3 is 12.1 Å². The van der Waals surface area contributed by atoms with Crippen LogP contribution in [0.3, 0.4) is 0 Å². The van der Waals surface area contributed by atoms with Crippen LogP contribution in [0.5, 0.6) is 0 Å². The number of rotatable bonds is 7. The Hall–Kier alpha value is -2.67. The number of benzene rings is 2. The number of fused-ring (bicyclic) bond motifs is 3. The van der Waals surface area contributed by atoms with E-state index in [1.807, 2.05) is 48.5 Å². The van der Waals surface area contributed by atoms with Gasteiger partial charge in [-0.25, -0.2) is 9.59 Å². The van der Waals surface area contributed by atoms with E-state index < -0.39 is 28.9 Å². The summed E-state index contributed by atoms with van der Waals surface area (Å²) in [4.78, 5) is 23.4. The van der Waals surface area contributed by atoms with Crippen LogP contribution in [-0.2, 0) is 20.3 Å². The SMILES string of the molecule is C[S@@](=O)CC[C@@H](NC(=O)OCC1c2ccccc2-c2ccccc21)C(=O)O. The maximum Gasteiger partial charge on any atom is 0.407 e. The van der Waals surface area contributed by atoms with E-state index in [1.54, 1.807) is 0 Å². The summed E-state index contributed by atoms with van der Waals surface area (Å²) < 4.78 is 16.5. The Labute approximate surface area is 160 Å². The molecule has 0 saturated heterocycles. The highest BCUT2D eigenvalue weighted by Crippen LogP contribution is 2.44. The van der Waals surface area contributed by atoms with Crippen LogP contribution < -0.4 is 5.32 Å². The van der Waals surface area contributed by atoms with Crippen LogP contribution >= 0.6 is 0 Å². The third-order valence-electron chi connectivity index (χ3n) is 4.63. The molecule has 0 spiro atoms. The van der Waals surface area contributed by atoms with Crippen molar-refractivity contribution in [3.63, 3.8) is 0 Å². The predicted molar refractivity (Wildman–Crippen MR) is 103 cm³/mol. The Morgan fingerprint density at radius 3 is 2.19 bits per heavy atom. The van der Waals surface area contributed by atoms with Crippen molar-refractivity contribution in [2.24, 2.45) is 0 Å². The fraction of sp³-hybridized carbons (Fsp3) is 0.300. The summed E-state index contributed by atoms with van der Waals surface area (Å²) in [5.74, 6) is -1.07. The first-order valence-electron chi connectivity index (χ1n) is 8.61. The van der Waals surface area contributed by atoms with Crippen molar-refractivity contribution in [2.45, 2.75) is 18.4 Å². The normalized spacial score (nSPS) is 14.7. The molecule has 0 aliphatic heterocycles. The third-order valence-corrected chi connectivity index (χ3v) is 5.44. The number of carbonyl (C=O) groups excluding carboxylic acids is 1. The van der Waals surface area contributed by atoms with Gasteiger partial charge in [-0.1, -0.05) is 48.5 Å². The minimum Gasteiger partial charge on any atom is -0.480 e. The van der Waals surface area contributed by atoms with E-state index in [4.69, 9.17) is 4.74 Å². The Morgan fingerprint density at radius 1 is 1.11 bits per heavy atom. The fourth-order valence-electron chi connectivity index (χ4n) is 3.32. The highest BCUT2D eigenvalue weighted by molar-refractivity contribution is 7.84. The molecule has 0 saturated carbocycles. The van der Waals surface area contributed by atoms with E-state index in [9.17, 15) is 18.9 Å². The Bertz CT molecular complexity index is 837. The predicted octanol–water partition coefficient (Wildman–Crippen LogP) is 2.75. The summed E-state index contributed by atoms with van der Waals surface area (Å²) >= 11 is 0. The molecule has 1 amide bonds. The largest absolute Gasteiger partial charge is 0.480 e. The average Bonchev–Trinajstić information content (AvgIpc) is 2.97. The van der Waals surface area contributed by atoms with Gasteiger partial charge in [-0.3, -0.25) is 4.21 Å². The molecule has 0 fully saturated rings. The number of alkyl carbamates (subject to hydrolysis) is 1. The second kappa shape index (κ2) is 8.35. The van der Waals surface area contributed by atoms with Crippen LogP contribution in [0.2, 0.25) is 0 Å². The fourth-order valence-corrected chi connectivity index (χ4v) is 3.89. The van der Waals surface area contributed by atoms with E-state index in [-0.39, 0.29) is 24.7 Å². The molecule has 0 radical (unpaired) electrons. The number of carbonyl (C=O) groups is 2. The molecule has 142 valence electrons. The Balaban J connectivity index is 1.67. The minimum absolute atomic E-state index is 0.0860. The van der Waals surface area contributed by atoms with E-state index in [1.165, 1.54) is 6.26 Å². The standard InChI is InChI=1S/C20H21NO5S/c1-27(25)11-10-18(19(22)23)21-20(24)26-12-17-15-8-4-2-6-13(15)14-7-3-5-9-16(14)17/h2-9,17-18H,10-12H2,1H3,(H,21,24)(H,22,23)/t18-,27-/m1/s1. The number of carboxylic acids is 1. The molecule has 0 aromatic heterocycles. The Kier molecular flexibility index (Phi) is 5.91. The Morgan fingerprint density at radius 2 is 1.67 bits per heavy atom. The topological polar surface area (TPSA) is 92.7 Å². The molecule has 7 heteroatoms. The molecule has 27 heavy (non-hydrogen) atoms. The maximum absolute atomic E-state index is 12.1. The monoisotopic (exact) mass is 387 g/mol. The minimum atomic E-state index is -1.17. The second-order valence-electron chi connectivity index (χ2n) is 6.43. The highest BCUT2D eigenvalue weighted by Gasteiger charge is 2.29. The van der Waals surface area contributed by atoms with E-state index >= 15 is 0 Å². The van der Waals surface area contributed by atoms with Gasteiger partial charge in [0.15, 0.2) is 0 Å². The lowest BCUT2D eigenvalue weighted by molar-refractivity contribution is -0.139. The lowest BCUT2D eigenvalue weighted by Crippen LogP contribution is -2.42. The number of aliphatic carboxylic acids is 1. The van der Waals surface area contributed by atoms with Gasteiger partial charge in [-0.05, 0) is 28.7 Å². The van der Waals surface area contributed by atoms with Gasteiger partial charge in [0.2, 0.25) is 0 Å². The number of amides is 1. The molecular weight excluding hydrogens is 366 g/mol. The first kappa shape index (κ1) is 19.1. The maximum atomic E-state index is 12.1. The van der Waals surface area contributed by atoms with Crippen LogP contribution in [0, 0.1) is 0 Å². The van der Waals surface area contributed by atoms with Crippen molar-refractivity contribution < 1.29 is 23.6 Å². The zero-order chi connectivity index (χ0) is 19.4. The molecule has 0 bridgehead atoms. The summed E-state index contributed by atoms with van der Waals surface area (Å²) in [6, 6.07) is 14.8. The van der Waals surface area contributed by atoms with E-state index in [2.05, 4.69) is 5.32 Å². The highest BCUT2D eigenvalue weighted by atomic mass is 32.2. The summed E-state index contributed by atoms with van der Waals surface area (Å²) in [5, 5.41) is 11.6. The molecule has 2 N–H and O–H groups in total. The second-order valence-corrected chi connectivity index (χ2v) is 7.98. The molecule has 2 aromatic rings. The number of ether oxygens (including phenoxy) is 1. The van der Waals surface area contributed by atoms with Gasteiger partial charge in [0.05, 0.1) is 0 Å². The lowest BCUT2D eigenvalue weighted by Gasteiger charge is -2.17. The number of nitrogens with one attached hydrogen (secondary N) is 1. The number of carboxylic acid groups (broad SMARTS) is 1. The lowest BCUT2D eigenvalue weighted by atomic mass is 9.98. The molecule has 0 heterocycles. The van der Waals surface area contributed by atoms with Gasteiger partial charge in [-0.2, -0.15) is 0 Å². The van der Waals surface area contributed by atoms with Crippen LogP contribution in [-0.4, -0.2) is 46.0 Å². The van der Waals surface area contributed by atoms with Crippen LogP contribution in [0.1, 0.15) is 23.5 Å². The van der Waals surface area contributed by atoms with Crippen molar-refractivity contribution in [3.05, 3.63) is 59.7 Å². The van der Waals surface area contributed by atoms with Gasteiger partial charge in [0.25, 0.3) is 0 Å². The quantitative estimate of drug-likeness (QED) is 0.762. The van der Waals surface area contributed by atoms with Crippen molar-refractivity contribution >= 4 is 22.9 Å². The number of hydrogen-bond donors (Lipinski definition) is 2. The average molecular weight is 387 g/mol. The van der Waals surface area contributed by atoms with Gasteiger partial charge < -0.3 is 15.2 Å². The van der Waals surface area contributed by atoms with Crippen molar-refractivity contribution in [2.75, 3.05) is 18.6 Å². The summed E-state index contributed by atoms with van der Waals surface area (Å²) in [6.07, 6.45) is 0.792. The molecule has 1 aliphatic carbocycles.